The lowest BCUT2D eigenvalue weighted by molar-refractivity contribution is -0.143. The Labute approximate surface area is 126 Å². The Hall–Kier alpha value is -1.46. The Morgan fingerprint density at radius 1 is 1.20 bits per heavy atom. The number of para-hydroxylation sites is 1. The van der Waals surface area contributed by atoms with Crippen LogP contribution in [0.5, 0.6) is 0 Å². The Balaban J connectivity index is 1.98. The summed E-state index contributed by atoms with van der Waals surface area (Å²) in [6.07, 6.45) is 0.915. The maximum Gasteiger partial charge on any atom is 0.321 e. The summed E-state index contributed by atoms with van der Waals surface area (Å²) in [6, 6.07) is 4.65. The fourth-order valence-electron chi connectivity index (χ4n) is 2.13. The van der Waals surface area contributed by atoms with Gasteiger partial charge < -0.3 is 15.3 Å². The van der Waals surface area contributed by atoms with Crippen molar-refractivity contribution >= 4 is 40.9 Å². The minimum atomic E-state index is -0.806. The van der Waals surface area contributed by atoms with Gasteiger partial charge in [-0.25, -0.2) is 4.79 Å². The average Bonchev–Trinajstić information content (AvgIpc) is 2.43. The number of hydrogen-bond acceptors (Lipinski definition) is 2. The van der Waals surface area contributed by atoms with Crippen molar-refractivity contribution in [3.8, 4) is 0 Å². The zero-order valence-corrected chi connectivity index (χ0v) is 12.1. The third-order valence-corrected chi connectivity index (χ3v) is 3.96. The van der Waals surface area contributed by atoms with Gasteiger partial charge in [0.05, 0.1) is 21.7 Å². The maximum absolute atomic E-state index is 12.1. The molecule has 0 radical (unpaired) electrons. The third-order valence-electron chi connectivity index (χ3n) is 3.33. The lowest BCUT2D eigenvalue weighted by Gasteiger charge is -2.30. The first-order chi connectivity index (χ1) is 9.49. The van der Waals surface area contributed by atoms with E-state index in [9.17, 15) is 9.59 Å². The maximum atomic E-state index is 12.1. The van der Waals surface area contributed by atoms with Crippen LogP contribution in [0.3, 0.4) is 0 Å². The molecule has 1 aromatic carbocycles. The van der Waals surface area contributed by atoms with Crippen LogP contribution in [-0.4, -0.2) is 35.1 Å². The van der Waals surface area contributed by atoms with E-state index in [0.29, 0.717) is 41.7 Å². The summed E-state index contributed by atoms with van der Waals surface area (Å²) in [4.78, 5) is 24.5. The van der Waals surface area contributed by atoms with Gasteiger partial charge in [0.25, 0.3) is 0 Å². The number of nitrogens with zero attached hydrogens (tertiary/aromatic N) is 1. The smallest absolute Gasteiger partial charge is 0.321 e. The van der Waals surface area contributed by atoms with E-state index in [1.165, 1.54) is 0 Å². The minimum absolute atomic E-state index is 0.316. The summed E-state index contributed by atoms with van der Waals surface area (Å²) in [5.41, 5.74) is 0.376. The number of urea groups is 1. The number of aliphatic carboxylic acids is 1. The lowest BCUT2D eigenvalue weighted by atomic mass is 9.97. The van der Waals surface area contributed by atoms with Gasteiger partial charge in [0.2, 0.25) is 0 Å². The molecule has 0 unspecified atom stereocenters. The first-order valence-electron chi connectivity index (χ1n) is 6.22. The van der Waals surface area contributed by atoms with Crippen LogP contribution in [-0.2, 0) is 4.79 Å². The van der Waals surface area contributed by atoms with Crippen molar-refractivity contribution in [2.24, 2.45) is 5.92 Å². The largest absolute Gasteiger partial charge is 0.481 e. The summed E-state index contributed by atoms with van der Waals surface area (Å²) < 4.78 is 0. The van der Waals surface area contributed by atoms with E-state index in [0.717, 1.165) is 0 Å². The average molecular weight is 317 g/mol. The molecule has 7 heteroatoms. The molecule has 0 bridgehead atoms. The number of benzene rings is 1. The Morgan fingerprint density at radius 2 is 1.75 bits per heavy atom. The van der Waals surface area contributed by atoms with Gasteiger partial charge in [-0.05, 0) is 25.0 Å². The van der Waals surface area contributed by atoms with Crippen LogP contribution in [0.1, 0.15) is 12.8 Å². The Kier molecular flexibility index (Phi) is 4.73. The highest BCUT2D eigenvalue weighted by atomic mass is 35.5. The topological polar surface area (TPSA) is 69.6 Å². The number of carboxylic acids is 1. The van der Waals surface area contributed by atoms with Crippen LogP contribution in [0.2, 0.25) is 10.0 Å². The number of rotatable bonds is 2. The fourth-order valence-corrected chi connectivity index (χ4v) is 2.62. The van der Waals surface area contributed by atoms with Crippen LogP contribution in [0.25, 0.3) is 0 Å². The van der Waals surface area contributed by atoms with Crippen LogP contribution in [0, 0.1) is 5.92 Å². The molecule has 1 aromatic rings. The van der Waals surface area contributed by atoms with E-state index in [1.54, 1.807) is 23.1 Å². The molecule has 0 spiro atoms. The molecule has 108 valence electrons. The lowest BCUT2D eigenvalue weighted by Crippen LogP contribution is -2.42. The molecule has 1 saturated heterocycles. The summed E-state index contributed by atoms with van der Waals surface area (Å²) in [5.74, 6) is -1.18. The van der Waals surface area contributed by atoms with Gasteiger partial charge in [-0.15, -0.1) is 0 Å². The van der Waals surface area contributed by atoms with Crippen LogP contribution < -0.4 is 5.32 Å². The molecule has 1 aliphatic heterocycles. The summed E-state index contributed by atoms with van der Waals surface area (Å²) >= 11 is 12.0. The molecule has 5 nitrogen and oxygen atoms in total. The fraction of sp³-hybridized carbons (Fsp3) is 0.385. The van der Waals surface area contributed by atoms with Gasteiger partial charge >= 0.3 is 12.0 Å². The number of likely N-dealkylation sites (tertiary alicyclic amines) is 1. The number of amides is 2. The number of piperidine rings is 1. The third kappa shape index (κ3) is 3.35. The highest BCUT2D eigenvalue weighted by Crippen LogP contribution is 2.30. The van der Waals surface area contributed by atoms with Crippen molar-refractivity contribution in [2.45, 2.75) is 12.8 Å². The quantitative estimate of drug-likeness (QED) is 0.879. The van der Waals surface area contributed by atoms with Crippen LogP contribution in [0.15, 0.2) is 18.2 Å². The van der Waals surface area contributed by atoms with Gasteiger partial charge in [-0.1, -0.05) is 29.3 Å². The molecular formula is C13H14Cl2N2O3. The van der Waals surface area contributed by atoms with Gasteiger partial charge in [0.1, 0.15) is 0 Å². The van der Waals surface area contributed by atoms with E-state index in [4.69, 9.17) is 28.3 Å². The first kappa shape index (κ1) is 14.9. The predicted molar refractivity (Wildman–Crippen MR) is 77.4 cm³/mol. The first-order valence-corrected chi connectivity index (χ1v) is 6.97. The second kappa shape index (κ2) is 6.33. The minimum Gasteiger partial charge on any atom is -0.481 e. The van der Waals surface area contributed by atoms with Gasteiger partial charge in [0, 0.05) is 13.1 Å². The number of carboxylic acid groups (broad SMARTS) is 1. The predicted octanol–water partition coefficient (Wildman–Crippen LogP) is 3.32. The molecule has 20 heavy (non-hydrogen) atoms. The number of carbonyl (C=O) groups is 2. The standard InChI is InChI=1S/C13H14Cl2N2O3/c14-9-2-1-3-10(15)11(9)16-13(20)17-6-4-8(5-7-17)12(18)19/h1-3,8H,4-7H2,(H,16,20)(H,18,19). The van der Waals surface area contributed by atoms with Crippen molar-refractivity contribution < 1.29 is 14.7 Å². The number of hydrogen-bond donors (Lipinski definition) is 2. The second-order valence-corrected chi connectivity index (χ2v) is 5.44. The SMILES string of the molecule is O=C(O)C1CCN(C(=O)Nc2c(Cl)cccc2Cl)CC1. The van der Waals surface area contributed by atoms with Crippen LogP contribution in [0.4, 0.5) is 10.5 Å². The molecule has 2 rings (SSSR count). The molecule has 2 amide bonds. The zero-order valence-electron chi connectivity index (χ0n) is 10.6. The highest BCUT2D eigenvalue weighted by molar-refractivity contribution is 6.39. The van der Waals surface area contributed by atoms with Crippen molar-refractivity contribution in [3.63, 3.8) is 0 Å². The monoisotopic (exact) mass is 316 g/mol. The Bertz CT molecular complexity index is 508. The normalized spacial score (nSPS) is 16.0. The molecular weight excluding hydrogens is 303 g/mol. The molecule has 1 fully saturated rings. The molecule has 0 aromatic heterocycles. The molecule has 0 atom stereocenters. The van der Waals surface area contributed by atoms with E-state index in [-0.39, 0.29) is 11.9 Å². The van der Waals surface area contributed by atoms with Crippen molar-refractivity contribution in [1.29, 1.82) is 0 Å². The van der Waals surface area contributed by atoms with E-state index >= 15 is 0 Å². The van der Waals surface area contributed by atoms with E-state index in [1.807, 2.05) is 0 Å². The van der Waals surface area contributed by atoms with Crippen LogP contribution >= 0.6 is 23.2 Å². The number of carbonyl (C=O) groups excluding carboxylic acids is 1. The Morgan fingerprint density at radius 3 is 2.25 bits per heavy atom. The van der Waals surface area contributed by atoms with Crippen molar-refractivity contribution in [2.75, 3.05) is 18.4 Å². The number of anilines is 1. The molecule has 1 aliphatic rings. The van der Waals surface area contributed by atoms with Crippen molar-refractivity contribution in [3.05, 3.63) is 28.2 Å². The van der Waals surface area contributed by atoms with Gasteiger partial charge in [0.15, 0.2) is 0 Å². The molecule has 0 aliphatic carbocycles. The summed E-state index contributed by atoms with van der Waals surface area (Å²) in [5, 5.41) is 12.3. The molecule has 2 N–H and O–H groups in total. The molecule has 0 saturated carbocycles. The number of halogens is 2. The highest BCUT2D eigenvalue weighted by Gasteiger charge is 2.27. The molecule has 1 heterocycles. The number of nitrogens with one attached hydrogen (secondary N) is 1. The van der Waals surface area contributed by atoms with Crippen molar-refractivity contribution in [1.82, 2.24) is 4.90 Å². The van der Waals surface area contributed by atoms with E-state index in [2.05, 4.69) is 5.32 Å². The van der Waals surface area contributed by atoms with Gasteiger partial charge in [-0.2, -0.15) is 0 Å². The summed E-state index contributed by atoms with van der Waals surface area (Å²) in [6.45, 7) is 0.815. The second-order valence-electron chi connectivity index (χ2n) is 4.63. The zero-order chi connectivity index (χ0) is 14.7. The van der Waals surface area contributed by atoms with Gasteiger partial charge in [-0.3, -0.25) is 4.79 Å². The summed E-state index contributed by atoms with van der Waals surface area (Å²) in [7, 11) is 0. The van der Waals surface area contributed by atoms with E-state index < -0.39 is 5.97 Å².